The van der Waals surface area contributed by atoms with Gasteiger partial charge < -0.3 is 4.74 Å². The zero-order chi connectivity index (χ0) is 14.1. The Morgan fingerprint density at radius 2 is 1.65 bits per heavy atom. The van der Waals surface area contributed by atoms with Crippen molar-refractivity contribution >= 4 is 5.78 Å². The first-order chi connectivity index (χ1) is 9.63. The number of aryl methyl sites for hydroxylation is 1. The van der Waals surface area contributed by atoms with E-state index in [0.717, 1.165) is 28.9 Å². The van der Waals surface area contributed by atoms with Crippen LogP contribution in [-0.4, -0.2) is 11.9 Å². The van der Waals surface area contributed by atoms with Crippen LogP contribution in [0.25, 0.3) is 11.1 Å². The number of hydrogen-bond acceptors (Lipinski definition) is 2. The molecule has 2 nitrogen and oxygen atoms in total. The lowest BCUT2D eigenvalue weighted by Gasteiger charge is -2.10. The second-order valence-corrected chi connectivity index (χ2v) is 5.49. The van der Waals surface area contributed by atoms with Crippen LogP contribution in [-0.2, 0) is 6.42 Å². The van der Waals surface area contributed by atoms with Crippen LogP contribution in [0.3, 0.4) is 0 Å². The summed E-state index contributed by atoms with van der Waals surface area (Å²) in [7, 11) is 0. The van der Waals surface area contributed by atoms with E-state index in [4.69, 9.17) is 4.74 Å². The van der Waals surface area contributed by atoms with E-state index < -0.39 is 0 Å². The second kappa shape index (κ2) is 5.12. The molecule has 0 unspecified atom stereocenters. The highest BCUT2D eigenvalue weighted by molar-refractivity contribution is 6.01. The van der Waals surface area contributed by atoms with E-state index in [-0.39, 0.29) is 11.9 Å². The third kappa shape index (κ3) is 2.46. The van der Waals surface area contributed by atoms with E-state index in [0.29, 0.717) is 6.42 Å². The van der Waals surface area contributed by atoms with Gasteiger partial charge in [0, 0.05) is 12.0 Å². The van der Waals surface area contributed by atoms with Gasteiger partial charge >= 0.3 is 0 Å². The quantitative estimate of drug-likeness (QED) is 0.829. The van der Waals surface area contributed by atoms with Gasteiger partial charge in [-0.15, -0.1) is 0 Å². The smallest absolute Gasteiger partial charge is 0.163 e. The predicted octanol–water partition coefficient (Wildman–Crippen LogP) is 4.27. The van der Waals surface area contributed by atoms with Crippen LogP contribution >= 0.6 is 0 Å². The summed E-state index contributed by atoms with van der Waals surface area (Å²) < 4.78 is 5.64. The maximum atomic E-state index is 11.8. The van der Waals surface area contributed by atoms with Crippen molar-refractivity contribution in [3.8, 4) is 16.9 Å². The first-order valence-corrected chi connectivity index (χ1v) is 7.07. The van der Waals surface area contributed by atoms with Gasteiger partial charge in [0.2, 0.25) is 0 Å². The van der Waals surface area contributed by atoms with E-state index in [9.17, 15) is 4.79 Å². The van der Waals surface area contributed by atoms with Crippen molar-refractivity contribution in [2.75, 3.05) is 0 Å². The SMILES string of the molecule is CC(C)Oc1ccc(-c2ccc3c(c2)C(=O)CC3)cc1. The molecule has 2 aromatic carbocycles. The molecule has 0 amide bonds. The lowest BCUT2D eigenvalue weighted by Crippen LogP contribution is -2.05. The lowest BCUT2D eigenvalue weighted by atomic mass is 10.0. The fourth-order valence-corrected chi connectivity index (χ4v) is 2.61. The second-order valence-electron chi connectivity index (χ2n) is 5.49. The summed E-state index contributed by atoms with van der Waals surface area (Å²) in [5, 5.41) is 0. The molecule has 0 aliphatic heterocycles. The summed E-state index contributed by atoms with van der Waals surface area (Å²) >= 11 is 0. The van der Waals surface area contributed by atoms with E-state index >= 15 is 0 Å². The van der Waals surface area contributed by atoms with E-state index in [1.165, 1.54) is 5.56 Å². The van der Waals surface area contributed by atoms with Crippen molar-refractivity contribution in [1.82, 2.24) is 0 Å². The molecule has 0 bridgehead atoms. The molecule has 0 radical (unpaired) electrons. The van der Waals surface area contributed by atoms with Gasteiger partial charge in [-0.05, 0) is 55.2 Å². The fraction of sp³-hybridized carbons (Fsp3) is 0.278. The number of fused-ring (bicyclic) bond motifs is 1. The van der Waals surface area contributed by atoms with Crippen molar-refractivity contribution in [2.45, 2.75) is 32.8 Å². The third-order valence-electron chi connectivity index (χ3n) is 3.59. The highest BCUT2D eigenvalue weighted by atomic mass is 16.5. The Kier molecular flexibility index (Phi) is 3.31. The minimum Gasteiger partial charge on any atom is -0.491 e. The Hall–Kier alpha value is -2.09. The minimum absolute atomic E-state index is 0.179. The summed E-state index contributed by atoms with van der Waals surface area (Å²) in [6.07, 6.45) is 1.72. The van der Waals surface area contributed by atoms with Crippen LogP contribution in [0.1, 0.15) is 36.2 Å². The van der Waals surface area contributed by atoms with Crippen molar-refractivity contribution in [3.63, 3.8) is 0 Å². The average molecular weight is 266 g/mol. The number of hydrogen-bond donors (Lipinski definition) is 0. The van der Waals surface area contributed by atoms with Gasteiger partial charge in [0.05, 0.1) is 6.10 Å². The normalized spacial score (nSPS) is 13.7. The van der Waals surface area contributed by atoms with Crippen LogP contribution in [0.2, 0.25) is 0 Å². The highest BCUT2D eigenvalue weighted by Crippen LogP contribution is 2.29. The van der Waals surface area contributed by atoms with Gasteiger partial charge in [0.1, 0.15) is 5.75 Å². The van der Waals surface area contributed by atoms with Gasteiger partial charge in [0.15, 0.2) is 5.78 Å². The van der Waals surface area contributed by atoms with Gasteiger partial charge in [-0.25, -0.2) is 0 Å². The molecule has 3 rings (SSSR count). The minimum atomic E-state index is 0.179. The zero-order valence-electron chi connectivity index (χ0n) is 11.8. The molecular weight excluding hydrogens is 248 g/mol. The largest absolute Gasteiger partial charge is 0.491 e. The van der Waals surface area contributed by atoms with Gasteiger partial charge in [-0.2, -0.15) is 0 Å². The molecule has 0 fully saturated rings. The first kappa shape index (κ1) is 12.9. The molecule has 0 saturated heterocycles. The summed E-state index contributed by atoms with van der Waals surface area (Å²) in [5.41, 5.74) is 4.28. The van der Waals surface area contributed by atoms with E-state index in [1.54, 1.807) is 0 Å². The van der Waals surface area contributed by atoms with Crippen molar-refractivity contribution < 1.29 is 9.53 Å². The molecule has 2 aromatic rings. The van der Waals surface area contributed by atoms with E-state index in [2.05, 4.69) is 12.1 Å². The maximum absolute atomic E-state index is 11.8. The van der Waals surface area contributed by atoms with Crippen LogP contribution in [0, 0.1) is 0 Å². The topological polar surface area (TPSA) is 26.3 Å². The number of ketones is 1. The molecule has 0 aromatic heterocycles. The van der Waals surface area contributed by atoms with Crippen molar-refractivity contribution in [2.24, 2.45) is 0 Å². The summed E-state index contributed by atoms with van der Waals surface area (Å²) in [4.78, 5) is 11.8. The average Bonchev–Trinajstić information content (AvgIpc) is 2.80. The number of ether oxygens (including phenoxy) is 1. The number of rotatable bonds is 3. The van der Waals surface area contributed by atoms with E-state index in [1.807, 2.05) is 44.2 Å². The first-order valence-electron chi connectivity index (χ1n) is 7.07. The fourth-order valence-electron chi connectivity index (χ4n) is 2.61. The Morgan fingerprint density at radius 3 is 2.35 bits per heavy atom. The Labute approximate surface area is 119 Å². The van der Waals surface area contributed by atoms with Gasteiger partial charge in [-0.1, -0.05) is 24.3 Å². The Balaban J connectivity index is 1.90. The molecule has 1 aliphatic rings. The van der Waals surface area contributed by atoms with Gasteiger partial charge in [0.25, 0.3) is 0 Å². The molecule has 0 spiro atoms. The Morgan fingerprint density at radius 1 is 0.950 bits per heavy atom. The number of carbonyl (C=O) groups excluding carboxylic acids is 1. The Bertz CT molecular complexity index is 639. The van der Waals surface area contributed by atoms with Crippen molar-refractivity contribution in [1.29, 1.82) is 0 Å². The van der Waals surface area contributed by atoms with Crippen LogP contribution in [0.5, 0.6) is 5.75 Å². The highest BCUT2D eigenvalue weighted by Gasteiger charge is 2.19. The van der Waals surface area contributed by atoms with Crippen LogP contribution in [0.4, 0.5) is 0 Å². The molecule has 0 saturated carbocycles. The van der Waals surface area contributed by atoms with Crippen LogP contribution < -0.4 is 4.74 Å². The number of benzene rings is 2. The van der Waals surface area contributed by atoms with Crippen molar-refractivity contribution in [3.05, 3.63) is 53.6 Å². The molecule has 20 heavy (non-hydrogen) atoms. The molecule has 0 N–H and O–H groups in total. The molecule has 102 valence electrons. The third-order valence-corrected chi connectivity index (χ3v) is 3.59. The molecule has 0 heterocycles. The summed E-state index contributed by atoms with van der Waals surface area (Å²) in [6.45, 7) is 4.03. The summed E-state index contributed by atoms with van der Waals surface area (Å²) in [5.74, 6) is 1.14. The van der Waals surface area contributed by atoms with Gasteiger partial charge in [-0.3, -0.25) is 4.79 Å². The lowest BCUT2D eigenvalue weighted by molar-refractivity contribution is 0.0994. The molecule has 2 heteroatoms. The summed E-state index contributed by atoms with van der Waals surface area (Å²) in [6, 6.07) is 14.2. The zero-order valence-corrected chi connectivity index (χ0v) is 11.8. The van der Waals surface area contributed by atoms with Crippen LogP contribution in [0.15, 0.2) is 42.5 Å². The molecular formula is C18H18O2. The molecule has 0 atom stereocenters. The standard InChI is InChI=1S/C18H18O2/c1-12(2)20-16-8-5-13(6-9-16)15-4-3-14-7-10-18(19)17(14)11-15/h3-6,8-9,11-12H,7,10H2,1-2H3. The number of carbonyl (C=O) groups is 1. The predicted molar refractivity (Wildman–Crippen MR) is 80.3 cm³/mol. The maximum Gasteiger partial charge on any atom is 0.163 e. The molecule has 1 aliphatic carbocycles. The monoisotopic (exact) mass is 266 g/mol. The number of Topliss-reactive ketones (excluding diaryl/α,β-unsaturated/α-hetero) is 1.